The van der Waals surface area contributed by atoms with Gasteiger partial charge in [-0.05, 0) is 6.42 Å². The lowest BCUT2D eigenvalue weighted by Gasteiger charge is -2.05. The van der Waals surface area contributed by atoms with Crippen molar-refractivity contribution in [1.29, 1.82) is 0 Å². The average Bonchev–Trinajstić information content (AvgIpc) is 2.25. The Morgan fingerprint density at radius 2 is 2.29 bits per heavy atom. The Morgan fingerprint density at radius 1 is 1.43 bits per heavy atom. The van der Waals surface area contributed by atoms with Gasteiger partial charge < -0.3 is 10.1 Å². The number of nitrogens with one attached hydrogen (secondary N) is 1. The third-order valence-electron chi connectivity index (χ3n) is 1.85. The predicted molar refractivity (Wildman–Crippen MR) is 56.6 cm³/mol. The highest BCUT2D eigenvalue weighted by Gasteiger charge is 1.97. The number of nitrogens with zero attached hydrogens (tertiary/aromatic N) is 2. The average molecular weight is 195 g/mol. The molecule has 0 aliphatic heterocycles. The van der Waals surface area contributed by atoms with Crippen molar-refractivity contribution in [2.45, 2.75) is 26.2 Å². The summed E-state index contributed by atoms with van der Waals surface area (Å²) in [6, 6.07) is 1.77. The van der Waals surface area contributed by atoms with E-state index in [1.165, 1.54) is 12.8 Å². The molecule has 0 aliphatic rings. The highest BCUT2D eigenvalue weighted by molar-refractivity contribution is 5.25. The van der Waals surface area contributed by atoms with E-state index < -0.39 is 0 Å². The zero-order valence-electron chi connectivity index (χ0n) is 8.79. The fraction of sp³-hybridized carbons (Fsp3) is 0.600. The van der Waals surface area contributed by atoms with Gasteiger partial charge in [-0.15, -0.1) is 0 Å². The smallest absolute Gasteiger partial charge is 0.225 e. The standard InChI is InChI=1S/C10H17N3O/c1-3-4-5-8-14-9-6-7-12-10(11-2)13-9/h6-7H,3-5,8H2,1-2H3,(H,11,12,13). The maximum atomic E-state index is 5.46. The van der Waals surface area contributed by atoms with Gasteiger partial charge >= 0.3 is 0 Å². The monoisotopic (exact) mass is 195 g/mol. The number of anilines is 1. The summed E-state index contributed by atoms with van der Waals surface area (Å²) in [6.07, 6.45) is 5.17. The van der Waals surface area contributed by atoms with Crippen LogP contribution >= 0.6 is 0 Å². The molecule has 4 nitrogen and oxygen atoms in total. The summed E-state index contributed by atoms with van der Waals surface area (Å²) in [6.45, 7) is 2.90. The van der Waals surface area contributed by atoms with Gasteiger partial charge in [0, 0.05) is 19.3 Å². The Kier molecular flexibility index (Phi) is 4.75. The number of rotatable bonds is 6. The molecule has 0 unspecified atom stereocenters. The molecule has 0 aliphatic carbocycles. The van der Waals surface area contributed by atoms with E-state index in [9.17, 15) is 0 Å². The van der Waals surface area contributed by atoms with Gasteiger partial charge in [0.25, 0.3) is 0 Å². The van der Waals surface area contributed by atoms with Gasteiger partial charge in [-0.1, -0.05) is 19.8 Å². The van der Waals surface area contributed by atoms with Crippen molar-refractivity contribution in [3.05, 3.63) is 12.3 Å². The Hall–Kier alpha value is -1.32. The molecule has 1 aromatic heterocycles. The first-order chi connectivity index (χ1) is 6.86. The molecule has 1 N–H and O–H groups in total. The molecule has 1 rings (SSSR count). The van der Waals surface area contributed by atoms with Crippen molar-refractivity contribution in [3.8, 4) is 5.88 Å². The third kappa shape index (κ3) is 3.60. The number of ether oxygens (including phenoxy) is 1. The summed E-state index contributed by atoms with van der Waals surface area (Å²) < 4.78 is 5.46. The molecule has 0 saturated carbocycles. The lowest BCUT2D eigenvalue weighted by atomic mass is 10.3. The largest absolute Gasteiger partial charge is 0.478 e. The van der Waals surface area contributed by atoms with Crippen molar-refractivity contribution in [3.63, 3.8) is 0 Å². The molecule has 0 atom stereocenters. The summed E-state index contributed by atoms with van der Waals surface area (Å²) in [4.78, 5) is 8.14. The molecule has 0 bridgehead atoms. The minimum absolute atomic E-state index is 0.595. The van der Waals surface area contributed by atoms with Crippen molar-refractivity contribution < 1.29 is 4.74 Å². The molecule has 0 amide bonds. The molecule has 14 heavy (non-hydrogen) atoms. The van der Waals surface area contributed by atoms with E-state index in [2.05, 4.69) is 22.2 Å². The van der Waals surface area contributed by atoms with Crippen LogP contribution in [0.1, 0.15) is 26.2 Å². The normalized spacial score (nSPS) is 9.86. The predicted octanol–water partition coefficient (Wildman–Crippen LogP) is 2.09. The first-order valence-electron chi connectivity index (χ1n) is 5.00. The van der Waals surface area contributed by atoms with Crippen LogP contribution in [-0.2, 0) is 0 Å². The maximum absolute atomic E-state index is 5.46. The second-order valence-electron chi connectivity index (χ2n) is 3.02. The van der Waals surface area contributed by atoms with Crippen molar-refractivity contribution in [2.24, 2.45) is 0 Å². The topological polar surface area (TPSA) is 47.0 Å². The Morgan fingerprint density at radius 3 is 3.00 bits per heavy atom. The van der Waals surface area contributed by atoms with Crippen LogP contribution in [0.15, 0.2) is 12.3 Å². The molecular formula is C10H17N3O. The molecule has 1 heterocycles. The van der Waals surface area contributed by atoms with E-state index in [1.54, 1.807) is 19.3 Å². The second-order valence-corrected chi connectivity index (χ2v) is 3.02. The fourth-order valence-electron chi connectivity index (χ4n) is 1.07. The number of hydrogen-bond donors (Lipinski definition) is 1. The third-order valence-corrected chi connectivity index (χ3v) is 1.85. The van der Waals surface area contributed by atoms with Crippen LogP contribution in [0.3, 0.4) is 0 Å². The van der Waals surface area contributed by atoms with Gasteiger partial charge in [-0.2, -0.15) is 4.98 Å². The van der Waals surface area contributed by atoms with Crippen LogP contribution in [0, 0.1) is 0 Å². The van der Waals surface area contributed by atoms with Gasteiger partial charge in [0.05, 0.1) is 6.61 Å². The van der Waals surface area contributed by atoms with Crippen LogP contribution in [-0.4, -0.2) is 23.6 Å². The summed E-state index contributed by atoms with van der Waals surface area (Å²) in [5.74, 6) is 1.23. The second kappa shape index (κ2) is 6.18. The minimum Gasteiger partial charge on any atom is -0.478 e. The van der Waals surface area contributed by atoms with Crippen molar-refractivity contribution in [2.75, 3.05) is 19.0 Å². The Balaban J connectivity index is 2.34. The summed E-state index contributed by atoms with van der Waals surface area (Å²) in [5.41, 5.74) is 0. The van der Waals surface area contributed by atoms with E-state index >= 15 is 0 Å². The minimum atomic E-state index is 0.595. The van der Waals surface area contributed by atoms with Crippen LogP contribution in [0.5, 0.6) is 5.88 Å². The molecule has 1 aromatic rings. The summed E-state index contributed by atoms with van der Waals surface area (Å²) in [5, 5.41) is 2.87. The zero-order chi connectivity index (χ0) is 10.2. The van der Waals surface area contributed by atoms with Crippen molar-refractivity contribution in [1.82, 2.24) is 9.97 Å². The SMILES string of the molecule is CCCCCOc1ccnc(NC)n1. The maximum Gasteiger partial charge on any atom is 0.225 e. The molecule has 0 saturated heterocycles. The van der Waals surface area contributed by atoms with Gasteiger partial charge in [-0.3, -0.25) is 0 Å². The number of unbranched alkanes of at least 4 members (excludes halogenated alkanes) is 2. The Labute approximate surface area is 84.7 Å². The molecule has 0 spiro atoms. The van der Waals surface area contributed by atoms with Gasteiger partial charge in [0.1, 0.15) is 0 Å². The summed E-state index contributed by atoms with van der Waals surface area (Å²) >= 11 is 0. The zero-order valence-corrected chi connectivity index (χ0v) is 8.79. The van der Waals surface area contributed by atoms with E-state index in [1.807, 2.05) is 0 Å². The molecule has 0 aromatic carbocycles. The van der Waals surface area contributed by atoms with Crippen LogP contribution in [0.2, 0.25) is 0 Å². The van der Waals surface area contributed by atoms with E-state index in [0.29, 0.717) is 11.8 Å². The highest BCUT2D eigenvalue weighted by atomic mass is 16.5. The lowest BCUT2D eigenvalue weighted by Crippen LogP contribution is -2.02. The van der Waals surface area contributed by atoms with E-state index in [0.717, 1.165) is 13.0 Å². The number of aromatic nitrogens is 2. The van der Waals surface area contributed by atoms with Crippen LogP contribution < -0.4 is 10.1 Å². The van der Waals surface area contributed by atoms with E-state index in [-0.39, 0.29) is 0 Å². The molecule has 0 radical (unpaired) electrons. The van der Waals surface area contributed by atoms with Gasteiger partial charge in [0.2, 0.25) is 11.8 Å². The summed E-state index contributed by atoms with van der Waals surface area (Å²) in [7, 11) is 1.79. The molecule has 0 fully saturated rings. The molecular weight excluding hydrogens is 178 g/mol. The quantitative estimate of drug-likeness (QED) is 0.706. The molecule has 78 valence electrons. The molecule has 4 heteroatoms. The first kappa shape index (κ1) is 10.8. The van der Waals surface area contributed by atoms with Crippen LogP contribution in [0.4, 0.5) is 5.95 Å². The first-order valence-corrected chi connectivity index (χ1v) is 5.00. The van der Waals surface area contributed by atoms with Gasteiger partial charge in [0.15, 0.2) is 0 Å². The van der Waals surface area contributed by atoms with E-state index in [4.69, 9.17) is 4.74 Å². The lowest BCUT2D eigenvalue weighted by molar-refractivity contribution is 0.295. The number of hydrogen-bond acceptors (Lipinski definition) is 4. The fourth-order valence-corrected chi connectivity index (χ4v) is 1.07. The highest BCUT2D eigenvalue weighted by Crippen LogP contribution is 2.08. The van der Waals surface area contributed by atoms with Gasteiger partial charge in [-0.25, -0.2) is 4.98 Å². The Bertz CT molecular complexity index is 265. The van der Waals surface area contributed by atoms with Crippen molar-refractivity contribution >= 4 is 5.95 Å². The van der Waals surface area contributed by atoms with Crippen LogP contribution in [0.25, 0.3) is 0 Å².